The molecule has 1 aromatic carbocycles. The molecule has 0 fully saturated rings. The number of nitrogens with two attached hydrogens (primary N) is 1. The number of halogens is 4. The molecule has 0 unspecified atom stereocenters. The lowest BCUT2D eigenvalue weighted by Gasteiger charge is -2.07. The van der Waals surface area contributed by atoms with Crippen molar-refractivity contribution in [1.29, 1.82) is 0 Å². The van der Waals surface area contributed by atoms with Crippen LogP contribution >= 0.6 is 11.6 Å². The first kappa shape index (κ1) is 13.5. The number of nitrogens with zero attached hydrogens (tertiary/aromatic N) is 3. The second kappa shape index (κ2) is 5.00. The van der Waals surface area contributed by atoms with Gasteiger partial charge in [0.05, 0.1) is 5.56 Å². The minimum Gasteiger partial charge on any atom is -0.368 e. The first-order chi connectivity index (χ1) is 8.84. The van der Waals surface area contributed by atoms with Crippen LogP contribution in [0.2, 0.25) is 5.28 Å². The molecule has 100 valence electrons. The van der Waals surface area contributed by atoms with Crippen LogP contribution in [0.3, 0.4) is 0 Å². The maximum atomic E-state index is 12.4. The van der Waals surface area contributed by atoms with E-state index in [4.69, 9.17) is 17.3 Å². The minimum absolute atomic E-state index is 0.0260. The summed E-state index contributed by atoms with van der Waals surface area (Å²) in [5.41, 5.74) is 5.31. The molecule has 0 aliphatic heterocycles. The lowest BCUT2D eigenvalue weighted by molar-refractivity contribution is -0.137. The van der Waals surface area contributed by atoms with E-state index in [0.717, 1.165) is 12.1 Å². The fourth-order valence-corrected chi connectivity index (χ4v) is 1.67. The van der Waals surface area contributed by atoms with Crippen LogP contribution in [0.4, 0.5) is 19.1 Å². The van der Waals surface area contributed by atoms with E-state index in [1.165, 1.54) is 12.1 Å². The van der Waals surface area contributed by atoms with Crippen molar-refractivity contribution in [3.05, 3.63) is 46.5 Å². The smallest absolute Gasteiger partial charge is 0.368 e. The van der Waals surface area contributed by atoms with Crippen LogP contribution in [-0.4, -0.2) is 15.0 Å². The monoisotopic (exact) mass is 288 g/mol. The van der Waals surface area contributed by atoms with Crippen molar-refractivity contribution in [3.63, 3.8) is 0 Å². The second-order valence-electron chi connectivity index (χ2n) is 3.75. The second-order valence-corrected chi connectivity index (χ2v) is 4.09. The SMILES string of the molecule is Nc1nc(Cl)nc(Cc2ccc(C(F)(F)F)cc2)n1. The number of hydrogen-bond donors (Lipinski definition) is 1. The van der Waals surface area contributed by atoms with Gasteiger partial charge < -0.3 is 5.73 Å². The summed E-state index contributed by atoms with van der Waals surface area (Å²) in [4.78, 5) is 11.3. The van der Waals surface area contributed by atoms with Crippen LogP contribution < -0.4 is 5.73 Å². The van der Waals surface area contributed by atoms with Crippen LogP contribution in [0, 0.1) is 0 Å². The summed E-state index contributed by atoms with van der Waals surface area (Å²) in [5.74, 6) is 0.277. The van der Waals surface area contributed by atoms with Gasteiger partial charge in [-0.3, -0.25) is 0 Å². The average molecular weight is 289 g/mol. The standard InChI is InChI=1S/C11H8ClF3N4/c12-9-17-8(18-10(16)19-9)5-6-1-3-7(4-2-6)11(13,14)15/h1-4H,5H2,(H2,16,17,18,19). The zero-order valence-corrected chi connectivity index (χ0v) is 10.2. The summed E-state index contributed by atoms with van der Waals surface area (Å²) in [5, 5.41) is -0.0468. The number of alkyl halides is 3. The van der Waals surface area contributed by atoms with Gasteiger partial charge in [0.1, 0.15) is 5.82 Å². The molecule has 0 saturated heterocycles. The summed E-state index contributed by atoms with van der Waals surface area (Å²) < 4.78 is 37.2. The van der Waals surface area contributed by atoms with E-state index < -0.39 is 11.7 Å². The molecule has 2 rings (SSSR count). The van der Waals surface area contributed by atoms with Crippen molar-refractivity contribution >= 4 is 17.5 Å². The lowest BCUT2D eigenvalue weighted by atomic mass is 10.1. The Morgan fingerprint density at radius 1 is 1.05 bits per heavy atom. The van der Waals surface area contributed by atoms with Crippen LogP contribution in [0.1, 0.15) is 17.0 Å². The van der Waals surface area contributed by atoms with Crippen molar-refractivity contribution in [2.75, 3.05) is 5.73 Å². The molecule has 19 heavy (non-hydrogen) atoms. The van der Waals surface area contributed by atoms with Gasteiger partial charge in [0, 0.05) is 6.42 Å². The van der Waals surface area contributed by atoms with Crippen molar-refractivity contribution < 1.29 is 13.2 Å². The highest BCUT2D eigenvalue weighted by atomic mass is 35.5. The predicted molar refractivity (Wildman–Crippen MR) is 63.5 cm³/mol. The number of benzene rings is 1. The molecule has 0 atom stereocenters. The summed E-state index contributed by atoms with van der Waals surface area (Å²) in [6, 6.07) is 4.72. The summed E-state index contributed by atoms with van der Waals surface area (Å²) in [6.07, 6.45) is -4.12. The maximum absolute atomic E-state index is 12.4. The molecule has 0 aliphatic carbocycles. The third kappa shape index (κ3) is 3.54. The van der Waals surface area contributed by atoms with E-state index in [1.54, 1.807) is 0 Å². The number of nitrogen functional groups attached to an aromatic ring is 1. The zero-order valence-electron chi connectivity index (χ0n) is 9.45. The molecule has 0 radical (unpaired) electrons. The van der Waals surface area contributed by atoms with Gasteiger partial charge >= 0.3 is 6.18 Å². The molecule has 0 amide bonds. The molecule has 0 bridgehead atoms. The van der Waals surface area contributed by atoms with E-state index in [0.29, 0.717) is 11.4 Å². The van der Waals surface area contributed by atoms with Crippen molar-refractivity contribution in [2.24, 2.45) is 0 Å². The van der Waals surface area contributed by atoms with Crippen molar-refractivity contribution in [1.82, 2.24) is 15.0 Å². The van der Waals surface area contributed by atoms with Gasteiger partial charge in [-0.1, -0.05) is 12.1 Å². The Bertz CT molecular complexity index is 563. The number of aromatic nitrogens is 3. The highest BCUT2D eigenvalue weighted by molar-refractivity contribution is 6.28. The lowest BCUT2D eigenvalue weighted by Crippen LogP contribution is -2.06. The summed E-state index contributed by atoms with van der Waals surface area (Å²) in [6.45, 7) is 0. The van der Waals surface area contributed by atoms with E-state index >= 15 is 0 Å². The topological polar surface area (TPSA) is 64.7 Å². The number of anilines is 1. The van der Waals surface area contributed by atoms with E-state index in [2.05, 4.69) is 15.0 Å². The van der Waals surface area contributed by atoms with Crippen molar-refractivity contribution in [2.45, 2.75) is 12.6 Å². The van der Waals surface area contributed by atoms with Crippen LogP contribution in [0.25, 0.3) is 0 Å². The molecular weight excluding hydrogens is 281 g/mol. The van der Waals surface area contributed by atoms with Gasteiger partial charge in [-0.15, -0.1) is 0 Å². The van der Waals surface area contributed by atoms with Crippen molar-refractivity contribution in [3.8, 4) is 0 Å². The van der Waals surface area contributed by atoms with Gasteiger partial charge in [-0.2, -0.15) is 23.1 Å². The Balaban J connectivity index is 2.20. The Hall–Kier alpha value is -1.89. The average Bonchev–Trinajstić information content (AvgIpc) is 2.26. The van der Waals surface area contributed by atoms with E-state index in [-0.39, 0.29) is 17.7 Å². The van der Waals surface area contributed by atoms with E-state index in [1.807, 2.05) is 0 Å². The van der Waals surface area contributed by atoms with Gasteiger partial charge in [0.2, 0.25) is 11.2 Å². The third-order valence-corrected chi connectivity index (χ3v) is 2.48. The number of rotatable bonds is 2. The van der Waals surface area contributed by atoms with Gasteiger partial charge in [0.25, 0.3) is 0 Å². The number of hydrogen-bond acceptors (Lipinski definition) is 4. The molecule has 0 saturated carbocycles. The molecule has 1 heterocycles. The summed E-state index contributed by atoms with van der Waals surface area (Å²) >= 11 is 5.61. The molecule has 4 nitrogen and oxygen atoms in total. The molecule has 0 spiro atoms. The molecular formula is C11H8ClF3N4. The predicted octanol–water partition coefficient (Wildman–Crippen LogP) is 2.72. The van der Waals surface area contributed by atoms with Gasteiger partial charge in [-0.05, 0) is 29.3 Å². The van der Waals surface area contributed by atoms with E-state index in [9.17, 15) is 13.2 Å². The van der Waals surface area contributed by atoms with Crippen LogP contribution in [-0.2, 0) is 12.6 Å². The molecule has 0 aliphatic rings. The Kier molecular flexibility index (Phi) is 3.57. The molecule has 2 N–H and O–H groups in total. The normalized spacial score (nSPS) is 11.6. The quantitative estimate of drug-likeness (QED) is 0.923. The highest BCUT2D eigenvalue weighted by Gasteiger charge is 2.29. The molecule has 1 aromatic heterocycles. The fraction of sp³-hybridized carbons (Fsp3) is 0.182. The Morgan fingerprint density at radius 3 is 2.21 bits per heavy atom. The largest absolute Gasteiger partial charge is 0.416 e. The Morgan fingerprint density at radius 2 is 1.68 bits per heavy atom. The molecule has 8 heteroatoms. The molecule has 2 aromatic rings. The fourth-order valence-electron chi connectivity index (χ4n) is 1.48. The maximum Gasteiger partial charge on any atom is 0.416 e. The highest BCUT2D eigenvalue weighted by Crippen LogP contribution is 2.29. The third-order valence-electron chi connectivity index (χ3n) is 2.32. The van der Waals surface area contributed by atoms with Gasteiger partial charge in [0.15, 0.2) is 0 Å². The first-order valence-corrected chi connectivity index (χ1v) is 5.54. The minimum atomic E-state index is -4.35. The summed E-state index contributed by atoms with van der Waals surface area (Å²) in [7, 11) is 0. The van der Waals surface area contributed by atoms with Crippen LogP contribution in [0.5, 0.6) is 0 Å². The Labute approximate surface area is 111 Å². The first-order valence-electron chi connectivity index (χ1n) is 5.16. The zero-order chi connectivity index (χ0) is 14.0. The van der Waals surface area contributed by atoms with Gasteiger partial charge in [-0.25, -0.2) is 4.98 Å². The van der Waals surface area contributed by atoms with Crippen LogP contribution in [0.15, 0.2) is 24.3 Å².